The number of carbonyl (C=O) groups excluding carboxylic acids is 1. The van der Waals surface area contributed by atoms with E-state index in [-0.39, 0.29) is 19.4 Å². The maximum Gasteiger partial charge on any atom is 0.408 e. The van der Waals surface area contributed by atoms with Gasteiger partial charge in [-0.1, -0.05) is 37.3 Å². The maximum absolute atomic E-state index is 13.1. The minimum absolute atomic E-state index is 0.167. The van der Waals surface area contributed by atoms with E-state index in [9.17, 15) is 22.8 Å². The second-order valence-electron chi connectivity index (χ2n) is 5.69. The number of benzene rings is 1. The fourth-order valence-corrected chi connectivity index (χ4v) is 2.10. The summed E-state index contributed by atoms with van der Waals surface area (Å²) in [5, 5.41) is 10.7. The van der Waals surface area contributed by atoms with E-state index in [1.54, 1.807) is 30.3 Å². The van der Waals surface area contributed by atoms with Crippen molar-refractivity contribution in [3.05, 3.63) is 35.9 Å². The smallest absolute Gasteiger partial charge is 0.408 e. The number of carboxylic acid groups (broad SMARTS) is 1. The average Bonchev–Trinajstić information content (AvgIpc) is 2.50. The number of rotatable bonds is 7. The van der Waals surface area contributed by atoms with E-state index in [4.69, 9.17) is 5.11 Å². The summed E-state index contributed by atoms with van der Waals surface area (Å²) in [4.78, 5) is 23.6. The molecule has 1 rings (SSSR count). The van der Waals surface area contributed by atoms with Crippen LogP contribution in [0.4, 0.5) is 18.0 Å². The van der Waals surface area contributed by atoms with Crippen molar-refractivity contribution in [2.45, 2.75) is 32.0 Å². The molecule has 0 aliphatic heterocycles. The van der Waals surface area contributed by atoms with E-state index in [2.05, 4.69) is 0 Å². The van der Waals surface area contributed by atoms with Crippen LogP contribution < -0.4 is 5.32 Å². The SMILES string of the molecule is CC(CN(C)C(=O)NC(CCc1ccccc1)C(F)(F)F)C(=O)O. The first kappa shape index (κ1) is 19.8. The van der Waals surface area contributed by atoms with Crippen LogP contribution in [0.15, 0.2) is 30.3 Å². The third-order valence-corrected chi connectivity index (χ3v) is 3.57. The molecule has 2 atom stereocenters. The Hall–Kier alpha value is -2.25. The number of amides is 2. The molecule has 0 aliphatic rings. The van der Waals surface area contributed by atoms with E-state index in [0.717, 1.165) is 10.5 Å². The highest BCUT2D eigenvalue weighted by Gasteiger charge is 2.40. The molecule has 0 heterocycles. The van der Waals surface area contributed by atoms with Crippen LogP contribution in [0.25, 0.3) is 0 Å². The van der Waals surface area contributed by atoms with Gasteiger partial charge in [-0.2, -0.15) is 13.2 Å². The molecule has 0 aliphatic carbocycles. The van der Waals surface area contributed by atoms with Crippen molar-refractivity contribution in [3.63, 3.8) is 0 Å². The summed E-state index contributed by atoms with van der Waals surface area (Å²) in [5.74, 6) is -1.99. The fraction of sp³-hybridized carbons (Fsp3) is 0.500. The number of hydrogen-bond acceptors (Lipinski definition) is 2. The molecule has 0 saturated heterocycles. The second-order valence-corrected chi connectivity index (χ2v) is 5.69. The zero-order valence-electron chi connectivity index (χ0n) is 13.5. The zero-order valence-corrected chi connectivity index (χ0v) is 13.5. The Kier molecular flexibility index (Phi) is 7.06. The number of hydrogen-bond donors (Lipinski definition) is 2. The van der Waals surface area contributed by atoms with Crippen LogP contribution in [-0.2, 0) is 11.2 Å². The Morgan fingerprint density at radius 1 is 1.25 bits per heavy atom. The number of carbonyl (C=O) groups is 2. The molecule has 24 heavy (non-hydrogen) atoms. The summed E-state index contributed by atoms with van der Waals surface area (Å²) in [6.07, 6.45) is -4.70. The lowest BCUT2D eigenvalue weighted by molar-refractivity contribution is -0.155. The zero-order chi connectivity index (χ0) is 18.3. The normalized spacial score (nSPS) is 13.9. The number of aliphatic carboxylic acids is 1. The van der Waals surface area contributed by atoms with Gasteiger partial charge in [-0.25, -0.2) is 4.79 Å². The fourth-order valence-electron chi connectivity index (χ4n) is 2.10. The Bertz CT molecular complexity index is 549. The summed E-state index contributed by atoms with van der Waals surface area (Å²) >= 11 is 0. The summed E-state index contributed by atoms with van der Waals surface area (Å²) in [6.45, 7) is 1.20. The molecular formula is C16H21F3N2O3. The third kappa shape index (κ3) is 6.47. The first-order valence-corrected chi connectivity index (χ1v) is 7.46. The highest BCUT2D eigenvalue weighted by Crippen LogP contribution is 2.24. The van der Waals surface area contributed by atoms with E-state index in [1.807, 2.05) is 5.32 Å². The van der Waals surface area contributed by atoms with Crippen molar-refractivity contribution >= 4 is 12.0 Å². The minimum Gasteiger partial charge on any atom is -0.481 e. The van der Waals surface area contributed by atoms with E-state index < -0.39 is 30.1 Å². The van der Waals surface area contributed by atoms with Gasteiger partial charge in [0.1, 0.15) is 6.04 Å². The van der Waals surface area contributed by atoms with Gasteiger partial charge < -0.3 is 15.3 Å². The highest BCUT2D eigenvalue weighted by molar-refractivity contribution is 5.76. The Morgan fingerprint density at radius 2 is 1.83 bits per heavy atom. The van der Waals surface area contributed by atoms with E-state index >= 15 is 0 Å². The molecule has 2 amide bonds. The van der Waals surface area contributed by atoms with Crippen LogP contribution in [0.1, 0.15) is 18.9 Å². The Labute approximate surface area is 138 Å². The number of carboxylic acids is 1. The molecule has 0 saturated carbocycles. The number of halogens is 3. The summed E-state index contributed by atoms with van der Waals surface area (Å²) < 4.78 is 39.3. The quantitative estimate of drug-likeness (QED) is 0.798. The summed E-state index contributed by atoms with van der Waals surface area (Å²) in [5.41, 5.74) is 0.744. The molecule has 1 aromatic rings. The van der Waals surface area contributed by atoms with Crippen LogP contribution in [0, 0.1) is 5.92 Å². The highest BCUT2D eigenvalue weighted by atomic mass is 19.4. The van der Waals surface area contributed by atoms with Crippen LogP contribution in [0.3, 0.4) is 0 Å². The summed E-state index contributed by atoms with van der Waals surface area (Å²) in [6, 6.07) is 5.73. The van der Waals surface area contributed by atoms with Crippen molar-refractivity contribution in [1.82, 2.24) is 10.2 Å². The molecule has 2 N–H and O–H groups in total. The molecule has 2 unspecified atom stereocenters. The van der Waals surface area contributed by atoms with E-state index in [0.29, 0.717) is 0 Å². The van der Waals surface area contributed by atoms with Gasteiger partial charge in [0, 0.05) is 13.6 Å². The lowest BCUT2D eigenvalue weighted by atomic mass is 10.0. The molecule has 5 nitrogen and oxygen atoms in total. The summed E-state index contributed by atoms with van der Waals surface area (Å²) in [7, 11) is 1.26. The largest absolute Gasteiger partial charge is 0.481 e. The average molecular weight is 346 g/mol. The molecule has 134 valence electrons. The standard InChI is InChI=1S/C16H21F3N2O3/c1-11(14(22)23)10-21(2)15(24)20-13(16(17,18)19)9-8-12-6-4-3-5-7-12/h3-7,11,13H,8-10H2,1-2H3,(H,20,24)(H,22,23). The Balaban J connectivity index is 2.65. The topological polar surface area (TPSA) is 69.6 Å². The van der Waals surface area contributed by atoms with Crippen LogP contribution in [0.5, 0.6) is 0 Å². The minimum atomic E-state index is -4.58. The Morgan fingerprint density at radius 3 is 2.33 bits per heavy atom. The first-order valence-electron chi connectivity index (χ1n) is 7.46. The number of alkyl halides is 3. The predicted molar refractivity (Wildman–Crippen MR) is 82.6 cm³/mol. The molecule has 0 spiro atoms. The van der Waals surface area contributed by atoms with Gasteiger partial charge in [0.15, 0.2) is 0 Å². The lowest BCUT2D eigenvalue weighted by Crippen LogP contribution is -2.50. The van der Waals surface area contributed by atoms with Gasteiger partial charge in [0.2, 0.25) is 0 Å². The van der Waals surface area contributed by atoms with Crippen molar-refractivity contribution in [2.24, 2.45) is 5.92 Å². The molecule has 0 radical (unpaired) electrons. The first-order chi connectivity index (χ1) is 11.1. The molecule has 1 aromatic carbocycles. The number of urea groups is 1. The molecular weight excluding hydrogens is 325 g/mol. The van der Waals surface area contributed by atoms with Gasteiger partial charge in [0.25, 0.3) is 0 Å². The predicted octanol–water partition coefficient (Wildman–Crippen LogP) is 2.91. The van der Waals surface area contributed by atoms with Crippen LogP contribution >= 0.6 is 0 Å². The van der Waals surface area contributed by atoms with Crippen LogP contribution in [-0.4, -0.2) is 47.8 Å². The third-order valence-electron chi connectivity index (χ3n) is 3.57. The number of aryl methyl sites for hydroxylation is 1. The molecule has 0 aromatic heterocycles. The van der Waals surface area contributed by atoms with Gasteiger partial charge in [0.05, 0.1) is 5.92 Å². The van der Waals surface area contributed by atoms with Gasteiger partial charge >= 0.3 is 18.2 Å². The second kappa shape index (κ2) is 8.56. The van der Waals surface area contributed by atoms with Crippen LogP contribution in [0.2, 0.25) is 0 Å². The van der Waals surface area contributed by atoms with Gasteiger partial charge in [-0.3, -0.25) is 4.79 Å². The number of nitrogens with zero attached hydrogens (tertiary/aromatic N) is 1. The molecule has 0 bridgehead atoms. The van der Waals surface area contributed by atoms with E-state index in [1.165, 1.54) is 14.0 Å². The van der Waals surface area contributed by atoms with Gasteiger partial charge in [-0.05, 0) is 18.4 Å². The van der Waals surface area contributed by atoms with Crippen molar-refractivity contribution in [2.75, 3.05) is 13.6 Å². The lowest BCUT2D eigenvalue weighted by Gasteiger charge is -2.26. The van der Waals surface area contributed by atoms with Gasteiger partial charge in [-0.15, -0.1) is 0 Å². The monoisotopic (exact) mass is 346 g/mol. The molecule has 8 heteroatoms. The van der Waals surface area contributed by atoms with Crippen molar-refractivity contribution in [3.8, 4) is 0 Å². The maximum atomic E-state index is 13.1. The number of nitrogens with one attached hydrogen (secondary N) is 1. The molecule has 0 fully saturated rings. The van der Waals surface area contributed by atoms with Crippen molar-refractivity contribution < 1.29 is 27.9 Å². The van der Waals surface area contributed by atoms with Crippen molar-refractivity contribution in [1.29, 1.82) is 0 Å².